The van der Waals surface area contributed by atoms with Crippen LogP contribution in [0, 0.1) is 5.92 Å². The molecule has 1 aliphatic heterocycles. The fraction of sp³-hybridized carbons (Fsp3) is 0.381. The van der Waals surface area contributed by atoms with E-state index in [1.54, 1.807) is 48.1 Å². The molecule has 4 amide bonds. The monoisotopic (exact) mass is 425 g/mol. The smallest absolute Gasteiger partial charge is 0.358 e. The number of carbonyl (C=O) groups excluding carboxylic acids is 4. The van der Waals surface area contributed by atoms with Crippen LogP contribution in [0.15, 0.2) is 36.5 Å². The zero-order valence-corrected chi connectivity index (χ0v) is 17.0. The molecule has 2 fully saturated rings. The Hall–Kier alpha value is -3.69. The third-order valence-corrected chi connectivity index (χ3v) is 5.70. The maximum Gasteiger partial charge on any atom is 0.358 e. The van der Waals surface area contributed by atoms with Crippen LogP contribution in [-0.2, 0) is 14.3 Å². The average Bonchev–Trinajstić information content (AvgIpc) is 3.34. The average molecular weight is 425 g/mol. The van der Waals surface area contributed by atoms with Gasteiger partial charge in [-0.25, -0.2) is 14.3 Å². The maximum atomic E-state index is 12.6. The Balaban J connectivity index is 1.34. The second-order valence-corrected chi connectivity index (χ2v) is 7.67. The molecule has 1 aliphatic carbocycles. The Morgan fingerprint density at radius 3 is 2.52 bits per heavy atom. The van der Waals surface area contributed by atoms with E-state index in [-0.39, 0.29) is 30.0 Å². The summed E-state index contributed by atoms with van der Waals surface area (Å²) >= 11 is 0. The number of hydrogen-bond donors (Lipinski definition) is 3. The summed E-state index contributed by atoms with van der Waals surface area (Å²) in [6, 6.07) is 8.19. The number of imide groups is 1. The topological polar surface area (TPSA) is 131 Å². The Morgan fingerprint density at radius 1 is 1.19 bits per heavy atom. The molecule has 2 aromatic rings. The van der Waals surface area contributed by atoms with E-state index in [2.05, 4.69) is 21.0 Å². The van der Waals surface area contributed by atoms with Gasteiger partial charge < -0.3 is 15.4 Å². The van der Waals surface area contributed by atoms with Gasteiger partial charge in [0.1, 0.15) is 5.54 Å². The van der Waals surface area contributed by atoms with E-state index >= 15 is 0 Å². The zero-order valence-electron chi connectivity index (χ0n) is 17.0. The van der Waals surface area contributed by atoms with E-state index in [9.17, 15) is 19.2 Å². The molecular weight excluding hydrogens is 402 g/mol. The standard InChI is InChI=1S/C21H23N5O5/c1-2-31-18(28)16-9-12-26(25-16)15-5-3-14(4-6-15)22-17(27)13-7-10-21(11-8-13)19(29)23-20(30)24-21/h3-6,9,12-13H,2,7-8,10-11H2,1H3,(H,22,27)(H2,23,24,29,30). The van der Waals surface area contributed by atoms with Crippen molar-refractivity contribution in [1.82, 2.24) is 20.4 Å². The van der Waals surface area contributed by atoms with E-state index in [1.807, 2.05) is 0 Å². The molecule has 4 rings (SSSR count). The number of nitrogens with zero attached hydrogens (tertiary/aromatic N) is 2. The number of hydrogen-bond acceptors (Lipinski definition) is 6. The number of amides is 4. The number of rotatable bonds is 5. The molecule has 0 bridgehead atoms. The summed E-state index contributed by atoms with van der Waals surface area (Å²) in [7, 11) is 0. The Labute approximate surface area is 178 Å². The SMILES string of the molecule is CCOC(=O)c1ccn(-c2ccc(NC(=O)C3CCC4(CC3)NC(=O)NC4=O)cc2)n1. The Kier molecular flexibility index (Phi) is 5.45. The van der Waals surface area contributed by atoms with E-state index in [1.165, 1.54) is 0 Å². The lowest BCUT2D eigenvalue weighted by atomic mass is 9.76. The van der Waals surface area contributed by atoms with Gasteiger partial charge in [-0.15, -0.1) is 0 Å². The van der Waals surface area contributed by atoms with Crippen LogP contribution in [0.5, 0.6) is 0 Å². The highest BCUT2D eigenvalue weighted by molar-refractivity contribution is 6.07. The van der Waals surface area contributed by atoms with Crippen LogP contribution in [0.4, 0.5) is 10.5 Å². The quantitative estimate of drug-likeness (QED) is 0.494. The van der Waals surface area contributed by atoms with Crippen molar-refractivity contribution in [3.8, 4) is 5.69 Å². The first-order chi connectivity index (χ1) is 14.9. The first-order valence-corrected chi connectivity index (χ1v) is 10.2. The van der Waals surface area contributed by atoms with Crippen molar-refractivity contribution in [2.75, 3.05) is 11.9 Å². The fourth-order valence-electron chi connectivity index (χ4n) is 3.98. The lowest BCUT2D eigenvalue weighted by Gasteiger charge is -2.33. The van der Waals surface area contributed by atoms with Gasteiger partial charge in [-0.2, -0.15) is 5.10 Å². The van der Waals surface area contributed by atoms with Crippen molar-refractivity contribution < 1.29 is 23.9 Å². The van der Waals surface area contributed by atoms with Gasteiger partial charge in [0.2, 0.25) is 5.91 Å². The van der Waals surface area contributed by atoms with Crippen LogP contribution in [0.2, 0.25) is 0 Å². The number of urea groups is 1. The highest BCUT2D eigenvalue weighted by atomic mass is 16.5. The van der Waals surface area contributed by atoms with Gasteiger partial charge in [-0.1, -0.05) is 0 Å². The summed E-state index contributed by atoms with van der Waals surface area (Å²) in [6.45, 7) is 2.01. The molecular formula is C21H23N5O5. The van der Waals surface area contributed by atoms with Gasteiger partial charge in [0.05, 0.1) is 12.3 Å². The molecule has 1 saturated carbocycles. The molecule has 162 valence electrons. The normalized spacial score (nSPS) is 22.7. The van der Waals surface area contributed by atoms with E-state index in [4.69, 9.17) is 4.74 Å². The second kappa shape index (κ2) is 8.21. The van der Waals surface area contributed by atoms with E-state index < -0.39 is 17.5 Å². The maximum absolute atomic E-state index is 12.6. The lowest BCUT2D eigenvalue weighted by Crippen LogP contribution is -2.50. The molecule has 0 atom stereocenters. The lowest BCUT2D eigenvalue weighted by molar-refractivity contribution is -0.128. The molecule has 10 heteroatoms. The number of aromatic nitrogens is 2. The summed E-state index contributed by atoms with van der Waals surface area (Å²) in [5.41, 5.74) is 0.720. The van der Waals surface area contributed by atoms with Crippen molar-refractivity contribution in [3.05, 3.63) is 42.2 Å². The summed E-state index contributed by atoms with van der Waals surface area (Å²) in [5, 5.41) is 12.1. The van der Waals surface area contributed by atoms with Gasteiger partial charge in [-0.3, -0.25) is 14.9 Å². The number of esters is 1. The molecule has 0 radical (unpaired) electrons. The van der Waals surface area contributed by atoms with Gasteiger partial charge in [-0.05, 0) is 62.9 Å². The van der Waals surface area contributed by atoms with Crippen molar-refractivity contribution in [2.45, 2.75) is 38.1 Å². The van der Waals surface area contributed by atoms with Crippen LogP contribution in [0.3, 0.4) is 0 Å². The molecule has 2 heterocycles. The van der Waals surface area contributed by atoms with Crippen molar-refractivity contribution >= 4 is 29.5 Å². The summed E-state index contributed by atoms with van der Waals surface area (Å²) < 4.78 is 6.49. The molecule has 10 nitrogen and oxygen atoms in total. The number of benzene rings is 1. The molecule has 1 spiro atoms. The number of ether oxygens (including phenoxy) is 1. The highest BCUT2D eigenvalue weighted by Crippen LogP contribution is 2.34. The molecule has 2 aliphatic rings. The Morgan fingerprint density at radius 2 is 1.90 bits per heavy atom. The summed E-state index contributed by atoms with van der Waals surface area (Å²) in [5.74, 6) is -1.13. The molecule has 0 unspecified atom stereocenters. The number of carbonyl (C=O) groups is 4. The van der Waals surface area contributed by atoms with Crippen LogP contribution < -0.4 is 16.0 Å². The zero-order chi connectivity index (χ0) is 22.0. The highest BCUT2D eigenvalue weighted by Gasteiger charge is 2.48. The van der Waals surface area contributed by atoms with E-state index in [0.29, 0.717) is 31.4 Å². The van der Waals surface area contributed by atoms with Crippen molar-refractivity contribution in [3.63, 3.8) is 0 Å². The molecule has 1 aromatic carbocycles. The van der Waals surface area contributed by atoms with E-state index in [0.717, 1.165) is 5.69 Å². The summed E-state index contributed by atoms with van der Waals surface area (Å²) in [6.07, 6.45) is 3.56. The van der Waals surface area contributed by atoms with Gasteiger partial charge >= 0.3 is 12.0 Å². The Bertz CT molecular complexity index is 1020. The third-order valence-electron chi connectivity index (χ3n) is 5.70. The fourth-order valence-corrected chi connectivity index (χ4v) is 3.98. The minimum Gasteiger partial charge on any atom is -0.461 e. The van der Waals surface area contributed by atoms with Crippen molar-refractivity contribution in [1.29, 1.82) is 0 Å². The first-order valence-electron chi connectivity index (χ1n) is 10.2. The molecule has 1 saturated heterocycles. The predicted octanol–water partition coefficient (Wildman–Crippen LogP) is 1.76. The van der Waals surface area contributed by atoms with Crippen LogP contribution in [0.25, 0.3) is 5.69 Å². The minimum absolute atomic E-state index is 0.115. The largest absolute Gasteiger partial charge is 0.461 e. The first kappa shape index (κ1) is 20.6. The number of nitrogens with one attached hydrogen (secondary N) is 3. The molecule has 31 heavy (non-hydrogen) atoms. The second-order valence-electron chi connectivity index (χ2n) is 7.67. The van der Waals surface area contributed by atoms with Gasteiger partial charge in [0.15, 0.2) is 5.69 Å². The van der Waals surface area contributed by atoms with Crippen LogP contribution >= 0.6 is 0 Å². The van der Waals surface area contributed by atoms with Crippen LogP contribution in [-0.4, -0.2) is 45.7 Å². The minimum atomic E-state index is -0.873. The summed E-state index contributed by atoms with van der Waals surface area (Å²) in [4.78, 5) is 47.8. The third kappa shape index (κ3) is 4.14. The van der Waals surface area contributed by atoms with Gasteiger partial charge in [0, 0.05) is 17.8 Å². The van der Waals surface area contributed by atoms with Crippen molar-refractivity contribution in [2.24, 2.45) is 5.92 Å². The van der Waals surface area contributed by atoms with Gasteiger partial charge in [0.25, 0.3) is 5.91 Å². The molecule has 1 aromatic heterocycles. The predicted molar refractivity (Wildman–Crippen MR) is 110 cm³/mol. The molecule has 3 N–H and O–H groups in total. The number of anilines is 1. The van der Waals surface area contributed by atoms with Crippen LogP contribution in [0.1, 0.15) is 43.1 Å².